The molecule has 0 saturated heterocycles. The molecule has 0 unspecified atom stereocenters. The van der Waals surface area contributed by atoms with E-state index in [1.54, 1.807) is 0 Å². The van der Waals surface area contributed by atoms with Crippen molar-refractivity contribution in [2.24, 2.45) is 0 Å². The molecule has 0 atom stereocenters. The average Bonchev–Trinajstić information content (AvgIpc) is 2.90. The second-order valence-corrected chi connectivity index (χ2v) is 4.39. The van der Waals surface area contributed by atoms with E-state index in [0.717, 1.165) is 19.5 Å². The molecule has 1 aromatic carbocycles. The average molecular weight is 213 g/mol. The molecular formula is C13H15N3. The van der Waals surface area contributed by atoms with Gasteiger partial charge in [0.15, 0.2) is 0 Å². The van der Waals surface area contributed by atoms with E-state index in [9.17, 15) is 0 Å². The predicted molar refractivity (Wildman–Crippen MR) is 64.5 cm³/mol. The standard InChI is InChI=1S/C13H15N3/c1-10-2-3-11-5-7-16(13(11)8-10)9-12-4-6-14-15-12/h2-4,6,8H,5,7,9H2,1H3,(H,14,15). The zero-order chi connectivity index (χ0) is 11.0. The molecule has 1 aliphatic rings. The van der Waals surface area contributed by atoms with Gasteiger partial charge in [0.05, 0.1) is 12.2 Å². The number of benzene rings is 1. The van der Waals surface area contributed by atoms with E-state index in [0.29, 0.717) is 0 Å². The molecule has 0 aliphatic carbocycles. The lowest BCUT2D eigenvalue weighted by Gasteiger charge is -2.18. The molecule has 0 saturated carbocycles. The molecule has 2 aromatic rings. The van der Waals surface area contributed by atoms with Crippen molar-refractivity contribution in [3.05, 3.63) is 47.3 Å². The van der Waals surface area contributed by atoms with Gasteiger partial charge in [0.1, 0.15) is 0 Å². The Morgan fingerprint density at radius 3 is 3.12 bits per heavy atom. The smallest absolute Gasteiger partial charge is 0.0596 e. The number of aryl methyl sites for hydroxylation is 1. The second-order valence-electron chi connectivity index (χ2n) is 4.39. The van der Waals surface area contributed by atoms with Crippen LogP contribution in [-0.2, 0) is 13.0 Å². The third-order valence-electron chi connectivity index (χ3n) is 3.15. The summed E-state index contributed by atoms with van der Waals surface area (Å²) in [6, 6.07) is 8.75. The molecule has 0 bridgehead atoms. The third-order valence-corrected chi connectivity index (χ3v) is 3.15. The molecule has 3 nitrogen and oxygen atoms in total. The van der Waals surface area contributed by atoms with Crippen molar-refractivity contribution in [3.63, 3.8) is 0 Å². The predicted octanol–water partition coefficient (Wildman–Crippen LogP) is 2.28. The molecule has 3 heteroatoms. The van der Waals surface area contributed by atoms with E-state index in [4.69, 9.17) is 0 Å². The lowest BCUT2D eigenvalue weighted by Crippen LogP contribution is -2.19. The number of hydrogen-bond acceptors (Lipinski definition) is 2. The molecule has 1 aliphatic heterocycles. The SMILES string of the molecule is Cc1ccc2c(c1)N(Cc1ccn[nH]1)CC2. The largest absolute Gasteiger partial charge is 0.365 e. The zero-order valence-electron chi connectivity index (χ0n) is 9.40. The van der Waals surface area contributed by atoms with E-state index >= 15 is 0 Å². The third kappa shape index (κ3) is 1.58. The van der Waals surface area contributed by atoms with Crippen LogP contribution in [0.2, 0.25) is 0 Å². The Morgan fingerprint density at radius 2 is 2.31 bits per heavy atom. The van der Waals surface area contributed by atoms with E-state index in [1.165, 1.54) is 22.5 Å². The van der Waals surface area contributed by atoms with Crippen LogP contribution in [-0.4, -0.2) is 16.7 Å². The first kappa shape index (κ1) is 9.46. The van der Waals surface area contributed by atoms with Crippen LogP contribution in [0.15, 0.2) is 30.5 Å². The number of H-pyrrole nitrogens is 1. The molecule has 2 heterocycles. The summed E-state index contributed by atoms with van der Waals surface area (Å²) in [6.45, 7) is 4.18. The van der Waals surface area contributed by atoms with Crippen molar-refractivity contribution < 1.29 is 0 Å². The minimum Gasteiger partial charge on any atom is -0.365 e. The van der Waals surface area contributed by atoms with Gasteiger partial charge in [-0.25, -0.2) is 0 Å². The Hall–Kier alpha value is -1.77. The van der Waals surface area contributed by atoms with Gasteiger partial charge >= 0.3 is 0 Å². The highest BCUT2D eigenvalue weighted by Gasteiger charge is 2.19. The normalized spacial score (nSPS) is 14.2. The van der Waals surface area contributed by atoms with Crippen molar-refractivity contribution in [2.75, 3.05) is 11.4 Å². The Kier molecular flexibility index (Phi) is 2.17. The summed E-state index contributed by atoms with van der Waals surface area (Å²) in [5, 5.41) is 7.00. The van der Waals surface area contributed by atoms with Crippen molar-refractivity contribution in [1.82, 2.24) is 10.2 Å². The Morgan fingerprint density at radius 1 is 1.38 bits per heavy atom. The highest BCUT2D eigenvalue weighted by atomic mass is 15.2. The van der Waals surface area contributed by atoms with E-state index in [2.05, 4.69) is 40.2 Å². The molecule has 0 amide bonds. The maximum atomic E-state index is 3.99. The van der Waals surface area contributed by atoms with Gasteiger partial charge in [-0.1, -0.05) is 12.1 Å². The van der Waals surface area contributed by atoms with E-state index in [1.807, 2.05) is 12.3 Å². The fraction of sp³-hybridized carbons (Fsp3) is 0.308. The first-order chi connectivity index (χ1) is 7.83. The van der Waals surface area contributed by atoms with E-state index < -0.39 is 0 Å². The molecule has 0 radical (unpaired) electrons. The number of hydrogen-bond donors (Lipinski definition) is 1. The quantitative estimate of drug-likeness (QED) is 0.830. The van der Waals surface area contributed by atoms with Crippen molar-refractivity contribution in [2.45, 2.75) is 19.9 Å². The summed E-state index contributed by atoms with van der Waals surface area (Å²) in [5.41, 5.74) is 5.35. The fourth-order valence-electron chi connectivity index (χ4n) is 2.30. The summed E-state index contributed by atoms with van der Waals surface area (Å²) < 4.78 is 0. The summed E-state index contributed by atoms with van der Waals surface area (Å²) in [6.07, 6.45) is 2.96. The van der Waals surface area contributed by atoms with Crippen LogP contribution in [0.3, 0.4) is 0 Å². The number of anilines is 1. The number of aromatic amines is 1. The van der Waals surface area contributed by atoms with Gasteiger partial charge in [-0.05, 0) is 36.6 Å². The van der Waals surface area contributed by atoms with Crippen LogP contribution in [0.5, 0.6) is 0 Å². The molecule has 1 aromatic heterocycles. The van der Waals surface area contributed by atoms with Crippen LogP contribution >= 0.6 is 0 Å². The minimum atomic E-state index is 0.927. The number of nitrogens with one attached hydrogen (secondary N) is 1. The fourth-order valence-corrected chi connectivity index (χ4v) is 2.30. The topological polar surface area (TPSA) is 31.9 Å². The summed E-state index contributed by atoms with van der Waals surface area (Å²) in [5.74, 6) is 0. The Labute approximate surface area is 95.1 Å². The molecular weight excluding hydrogens is 198 g/mol. The number of nitrogens with zero attached hydrogens (tertiary/aromatic N) is 2. The number of aromatic nitrogens is 2. The maximum Gasteiger partial charge on any atom is 0.0596 e. The van der Waals surface area contributed by atoms with Crippen molar-refractivity contribution >= 4 is 5.69 Å². The van der Waals surface area contributed by atoms with Crippen LogP contribution in [0.4, 0.5) is 5.69 Å². The van der Waals surface area contributed by atoms with Crippen LogP contribution in [0.1, 0.15) is 16.8 Å². The molecule has 3 rings (SSSR count). The number of rotatable bonds is 2. The molecule has 0 spiro atoms. The highest BCUT2D eigenvalue weighted by Crippen LogP contribution is 2.29. The zero-order valence-corrected chi connectivity index (χ0v) is 9.40. The monoisotopic (exact) mass is 213 g/mol. The van der Waals surface area contributed by atoms with Crippen LogP contribution in [0.25, 0.3) is 0 Å². The Bertz CT molecular complexity index is 488. The van der Waals surface area contributed by atoms with Crippen molar-refractivity contribution in [1.29, 1.82) is 0 Å². The van der Waals surface area contributed by atoms with Crippen molar-refractivity contribution in [3.8, 4) is 0 Å². The maximum absolute atomic E-state index is 3.99. The van der Waals surface area contributed by atoms with Gasteiger partial charge in [0.25, 0.3) is 0 Å². The van der Waals surface area contributed by atoms with Crippen LogP contribution in [0, 0.1) is 6.92 Å². The molecule has 16 heavy (non-hydrogen) atoms. The molecule has 0 fully saturated rings. The Balaban J connectivity index is 1.88. The molecule has 82 valence electrons. The second kappa shape index (κ2) is 3.67. The first-order valence-electron chi connectivity index (χ1n) is 5.66. The van der Waals surface area contributed by atoms with Gasteiger partial charge in [0, 0.05) is 18.4 Å². The van der Waals surface area contributed by atoms with E-state index in [-0.39, 0.29) is 0 Å². The minimum absolute atomic E-state index is 0.927. The van der Waals surface area contributed by atoms with Gasteiger partial charge < -0.3 is 4.90 Å². The highest BCUT2D eigenvalue weighted by molar-refractivity contribution is 5.59. The van der Waals surface area contributed by atoms with Gasteiger partial charge in [0.2, 0.25) is 0 Å². The van der Waals surface area contributed by atoms with Crippen LogP contribution < -0.4 is 4.90 Å². The summed E-state index contributed by atoms with van der Waals surface area (Å²) in [7, 11) is 0. The van der Waals surface area contributed by atoms with Gasteiger partial charge in [-0.3, -0.25) is 5.10 Å². The number of fused-ring (bicyclic) bond motifs is 1. The lowest BCUT2D eigenvalue weighted by molar-refractivity contribution is 0.807. The molecule has 1 N–H and O–H groups in total. The summed E-state index contributed by atoms with van der Waals surface area (Å²) in [4.78, 5) is 2.41. The van der Waals surface area contributed by atoms with Gasteiger partial charge in [-0.15, -0.1) is 0 Å². The lowest BCUT2D eigenvalue weighted by atomic mass is 10.1. The first-order valence-corrected chi connectivity index (χ1v) is 5.66. The summed E-state index contributed by atoms with van der Waals surface area (Å²) >= 11 is 0. The van der Waals surface area contributed by atoms with Gasteiger partial charge in [-0.2, -0.15) is 5.10 Å².